The number of aryl methyl sites for hydroxylation is 1. The Kier molecular flexibility index (Phi) is 5.75. The number of hydroxylamine groups is 2. The number of imide groups is 1. The van der Waals surface area contributed by atoms with Gasteiger partial charge in [0.2, 0.25) is 0 Å². The van der Waals surface area contributed by atoms with Crippen molar-refractivity contribution in [3.63, 3.8) is 0 Å². The van der Waals surface area contributed by atoms with E-state index in [-0.39, 0.29) is 16.0 Å². The van der Waals surface area contributed by atoms with E-state index in [0.717, 1.165) is 33.3 Å². The van der Waals surface area contributed by atoms with Gasteiger partial charge in [-0.25, -0.2) is 0 Å². The molecule has 0 radical (unpaired) electrons. The van der Waals surface area contributed by atoms with E-state index in [2.05, 4.69) is 29.8 Å². The molecule has 194 valence electrons. The summed E-state index contributed by atoms with van der Waals surface area (Å²) in [5, 5.41) is 2.57. The molecular formula is C31H24N2O5S. The van der Waals surface area contributed by atoms with Crippen LogP contribution in [0.5, 0.6) is 0 Å². The average molecular weight is 537 g/mol. The van der Waals surface area contributed by atoms with Crippen LogP contribution in [0.15, 0.2) is 96.0 Å². The molecule has 1 aromatic heterocycles. The van der Waals surface area contributed by atoms with Crippen molar-refractivity contribution in [2.75, 3.05) is 0 Å². The smallest absolute Gasteiger partial charge is 0.315 e. The fourth-order valence-electron chi connectivity index (χ4n) is 5.03. The van der Waals surface area contributed by atoms with Gasteiger partial charge in [-0.3, -0.25) is 9.59 Å². The van der Waals surface area contributed by atoms with Crippen molar-refractivity contribution < 1.29 is 22.3 Å². The third kappa shape index (κ3) is 3.88. The maximum atomic E-state index is 13.5. The first kappa shape index (κ1) is 24.8. The lowest BCUT2D eigenvalue weighted by atomic mass is 9.94. The van der Waals surface area contributed by atoms with Crippen molar-refractivity contribution >= 4 is 49.2 Å². The maximum Gasteiger partial charge on any atom is 0.318 e. The van der Waals surface area contributed by atoms with E-state index in [1.54, 1.807) is 30.3 Å². The van der Waals surface area contributed by atoms with Crippen molar-refractivity contribution in [3.8, 4) is 5.69 Å². The molecule has 8 heteroatoms. The number of allylic oxidation sites excluding steroid dienone is 2. The van der Waals surface area contributed by atoms with Crippen LogP contribution < -0.4 is 0 Å². The van der Waals surface area contributed by atoms with Gasteiger partial charge in [0.1, 0.15) is 0 Å². The highest BCUT2D eigenvalue weighted by Gasteiger charge is 2.38. The standard InChI is InChI=1S/C31H24N2O5S/c1-4-20(3)26-18-32(27-11-6-5-8-22(26)27)28-17-16-25-29-23(28)9-7-10-24(29)30(34)33(31(25)35)38-39(36,37)21-14-12-19(2)13-15-21/h4-18H,1-3H3/b20-4+. The van der Waals surface area contributed by atoms with E-state index in [9.17, 15) is 18.0 Å². The lowest BCUT2D eigenvalue weighted by Gasteiger charge is -2.26. The molecule has 6 rings (SSSR count). The van der Waals surface area contributed by atoms with Crippen LogP contribution in [0.2, 0.25) is 0 Å². The number of aromatic nitrogens is 1. The Morgan fingerprint density at radius 1 is 0.821 bits per heavy atom. The Labute approximate surface area is 225 Å². The summed E-state index contributed by atoms with van der Waals surface area (Å²) in [6, 6.07) is 22.6. The van der Waals surface area contributed by atoms with Crippen LogP contribution in [0.3, 0.4) is 0 Å². The maximum absolute atomic E-state index is 13.5. The Morgan fingerprint density at radius 3 is 2.21 bits per heavy atom. The number of carbonyl (C=O) groups is 2. The number of fused-ring (bicyclic) bond motifs is 1. The normalized spacial score (nSPS) is 14.0. The molecule has 1 aliphatic rings. The van der Waals surface area contributed by atoms with Crippen molar-refractivity contribution in [3.05, 3.63) is 113 Å². The van der Waals surface area contributed by atoms with Gasteiger partial charge >= 0.3 is 10.1 Å². The molecule has 0 saturated heterocycles. The molecule has 0 fully saturated rings. The Morgan fingerprint density at radius 2 is 1.49 bits per heavy atom. The predicted molar refractivity (Wildman–Crippen MR) is 150 cm³/mol. The summed E-state index contributed by atoms with van der Waals surface area (Å²) in [6.07, 6.45) is 4.11. The van der Waals surface area contributed by atoms with E-state index >= 15 is 0 Å². The average Bonchev–Trinajstić information content (AvgIpc) is 3.33. The fraction of sp³-hybridized carbons (Fsp3) is 0.0968. The predicted octanol–water partition coefficient (Wildman–Crippen LogP) is 6.43. The first-order chi connectivity index (χ1) is 18.7. The van der Waals surface area contributed by atoms with E-state index < -0.39 is 21.9 Å². The summed E-state index contributed by atoms with van der Waals surface area (Å²) in [5.41, 5.74) is 5.22. The highest BCUT2D eigenvalue weighted by Crippen LogP contribution is 2.37. The highest BCUT2D eigenvalue weighted by molar-refractivity contribution is 7.86. The number of carbonyl (C=O) groups excluding carboxylic acids is 2. The van der Waals surface area contributed by atoms with Gasteiger partial charge in [-0.15, -0.1) is 9.35 Å². The molecule has 0 spiro atoms. The minimum absolute atomic E-state index is 0.153. The Balaban J connectivity index is 1.49. The van der Waals surface area contributed by atoms with Crippen LogP contribution in [0, 0.1) is 6.92 Å². The number of benzene rings is 4. The number of hydrogen-bond acceptors (Lipinski definition) is 5. The number of para-hydroxylation sites is 1. The minimum atomic E-state index is -4.42. The molecule has 0 bridgehead atoms. The van der Waals surface area contributed by atoms with Crippen LogP contribution in [0.4, 0.5) is 0 Å². The van der Waals surface area contributed by atoms with Gasteiger partial charge in [0.05, 0.1) is 27.2 Å². The fourth-order valence-corrected chi connectivity index (χ4v) is 5.92. The summed E-state index contributed by atoms with van der Waals surface area (Å²) in [4.78, 5) is 26.8. The molecule has 0 unspecified atom stereocenters. The zero-order valence-corrected chi connectivity index (χ0v) is 22.3. The molecule has 5 aromatic rings. The molecule has 0 aliphatic carbocycles. The molecular weight excluding hydrogens is 512 g/mol. The molecule has 0 atom stereocenters. The zero-order valence-electron chi connectivity index (χ0n) is 21.5. The third-order valence-electron chi connectivity index (χ3n) is 7.16. The summed E-state index contributed by atoms with van der Waals surface area (Å²) in [7, 11) is -4.42. The number of hydrogen-bond donors (Lipinski definition) is 0. The monoisotopic (exact) mass is 536 g/mol. The van der Waals surface area contributed by atoms with Gasteiger partial charge in [0.15, 0.2) is 0 Å². The number of nitrogens with zero attached hydrogens (tertiary/aromatic N) is 2. The lowest BCUT2D eigenvalue weighted by molar-refractivity contribution is -0.0155. The lowest BCUT2D eigenvalue weighted by Crippen LogP contribution is -2.41. The van der Waals surface area contributed by atoms with E-state index in [1.807, 2.05) is 44.2 Å². The molecule has 7 nitrogen and oxygen atoms in total. The van der Waals surface area contributed by atoms with Crippen LogP contribution in [-0.4, -0.2) is 29.9 Å². The minimum Gasteiger partial charge on any atom is -0.315 e. The Bertz CT molecular complexity index is 1950. The molecule has 0 saturated carbocycles. The van der Waals surface area contributed by atoms with Gasteiger partial charge < -0.3 is 4.57 Å². The molecule has 39 heavy (non-hydrogen) atoms. The molecule has 2 heterocycles. The topological polar surface area (TPSA) is 85.7 Å². The second-order valence-electron chi connectivity index (χ2n) is 9.51. The van der Waals surface area contributed by atoms with E-state index in [1.165, 1.54) is 12.1 Å². The van der Waals surface area contributed by atoms with Crippen LogP contribution >= 0.6 is 0 Å². The Hall–Kier alpha value is -4.53. The summed E-state index contributed by atoms with van der Waals surface area (Å²) in [5.74, 6) is -1.68. The molecule has 4 aromatic carbocycles. The summed E-state index contributed by atoms with van der Waals surface area (Å²) in [6.45, 7) is 5.87. The largest absolute Gasteiger partial charge is 0.318 e. The van der Waals surface area contributed by atoms with Gasteiger partial charge in [-0.2, -0.15) is 8.42 Å². The van der Waals surface area contributed by atoms with Crippen molar-refractivity contribution in [2.24, 2.45) is 0 Å². The van der Waals surface area contributed by atoms with Crippen molar-refractivity contribution in [1.29, 1.82) is 0 Å². The SMILES string of the molecule is C/C=C(\C)c1cn(-c2ccc3c4c(cccc24)C(=O)N(OS(=O)(=O)c2ccc(C)cc2)C3=O)c2ccccc12. The second kappa shape index (κ2) is 9.04. The van der Waals surface area contributed by atoms with E-state index in [4.69, 9.17) is 4.28 Å². The van der Waals surface area contributed by atoms with Crippen LogP contribution in [0.1, 0.15) is 45.7 Å². The third-order valence-corrected chi connectivity index (χ3v) is 8.35. The summed E-state index contributed by atoms with van der Waals surface area (Å²) >= 11 is 0. The number of amides is 2. The molecule has 0 N–H and O–H groups in total. The first-order valence-corrected chi connectivity index (χ1v) is 13.8. The zero-order chi connectivity index (χ0) is 27.5. The quantitative estimate of drug-likeness (QED) is 0.242. The van der Waals surface area contributed by atoms with Gasteiger partial charge in [0, 0.05) is 27.9 Å². The number of rotatable bonds is 5. The van der Waals surface area contributed by atoms with Crippen LogP contribution in [0.25, 0.3) is 32.9 Å². The first-order valence-electron chi connectivity index (χ1n) is 12.4. The van der Waals surface area contributed by atoms with Crippen molar-refractivity contribution in [1.82, 2.24) is 9.63 Å². The molecule has 2 amide bonds. The second-order valence-corrected chi connectivity index (χ2v) is 11.0. The van der Waals surface area contributed by atoms with E-state index in [0.29, 0.717) is 15.8 Å². The summed E-state index contributed by atoms with van der Waals surface area (Å²) < 4.78 is 33.0. The van der Waals surface area contributed by atoms with Gasteiger partial charge in [-0.05, 0) is 62.7 Å². The highest BCUT2D eigenvalue weighted by atomic mass is 32.2. The van der Waals surface area contributed by atoms with Gasteiger partial charge in [-0.1, -0.05) is 54.1 Å². The van der Waals surface area contributed by atoms with Gasteiger partial charge in [0.25, 0.3) is 11.8 Å². The molecule has 1 aliphatic heterocycles. The van der Waals surface area contributed by atoms with Crippen molar-refractivity contribution in [2.45, 2.75) is 25.7 Å². The van der Waals surface area contributed by atoms with Crippen LogP contribution in [-0.2, 0) is 14.4 Å².